The molecule has 2 N–H and O–H groups in total. The Bertz CT molecular complexity index is 485. The normalized spacial score (nSPS) is 22.4. The third kappa shape index (κ3) is 4.12. The molecule has 1 saturated carbocycles. The van der Waals surface area contributed by atoms with Crippen molar-refractivity contribution in [2.24, 2.45) is 5.41 Å². The van der Waals surface area contributed by atoms with Gasteiger partial charge < -0.3 is 15.4 Å². The lowest BCUT2D eigenvalue weighted by molar-refractivity contribution is -0.140. The van der Waals surface area contributed by atoms with Crippen LogP contribution in [0.25, 0.3) is 0 Å². The second kappa shape index (κ2) is 8.46. The number of nitrogens with one attached hydrogen (secondary N) is 2. The van der Waals surface area contributed by atoms with Crippen LogP contribution in [0.4, 0.5) is 0 Å². The van der Waals surface area contributed by atoms with Crippen LogP contribution in [0.2, 0.25) is 0 Å². The van der Waals surface area contributed by atoms with E-state index in [1.807, 2.05) is 37.3 Å². The molecule has 0 bridgehead atoms. The molecular formula is C19H30N2O2. The third-order valence-electron chi connectivity index (χ3n) is 5.31. The lowest BCUT2D eigenvalue weighted by Gasteiger charge is -2.55. The summed E-state index contributed by atoms with van der Waals surface area (Å²) in [6.45, 7) is 8.21. The fourth-order valence-electron chi connectivity index (χ4n) is 3.74. The van der Waals surface area contributed by atoms with E-state index in [4.69, 9.17) is 4.74 Å². The first-order valence-corrected chi connectivity index (χ1v) is 8.81. The van der Waals surface area contributed by atoms with E-state index in [0.717, 1.165) is 31.4 Å². The Labute approximate surface area is 140 Å². The van der Waals surface area contributed by atoms with E-state index in [1.165, 1.54) is 0 Å². The Morgan fingerprint density at radius 1 is 1.22 bits per heavy atom. The molecule has 23 heavy (non-hydrogen) atoms. The molecule has 2 rings (SSSR count). The molecule has 0 saturated heterocycles. The number of ether oxygens (including phenoxy) is 1. The minimum absolute atomic E-state index is 0.0508. The second-order valence-electron chi connectivity index (χ2n) is 6.32. The van der Waals surface area contributed by atoms with E-state index in [0.29, 0.717) is 25.2 Å². The lowest BCUT2D eigenvalue weighted by Crippen LogP contribution is -2.64. The van der Waals surface area contributed by atoms with Gasteiger partial charge in [-0.15, -0.1) is 0 Å². The van der Waals surface area contributed by atoms with Crippen molar-refractivity contribution in [2.45, 2.75) is 58.7 Å². The van der Waals surface area contributed by atoms with Gasteiger partial charge in [-0.1, -0.05) is 44.2 Å². The molecular weight excluding hydrogens is 288 g/mol. The number of rotatable bonds is 9. The van der Waals surface area contributed by atoms with E-state index in [-0.39, 0.29) is 11.3 Å². The van der Waals surface area contributed by atoms with Crippen molar-refractivity contribution >= 4 is 5.91 Å². The number of hydrogen-bond donors (Lipinski definition) is 2. The standard InChI is InChI=1S/C19H30N2O2/c1-4-19(5-2)16(12-17(19)23-6-3)20-14-18(22)21-13-15-10-8-7-9-11-15/h7-11,16-17,20H,4-6,12-14H2,1-3H3,(H,21,22)/t16-,17-/m1/s1. The van der Waals surface area contributed by atoms with Gasteiger partial charge in [-0.3, -0.25) is 4.79 Å². The molecule has 1 aliphatic carbocycles. The molecule has 1 fully saturated rings. The fourth-order valence-corrected chi connectivity index (χ4v) is 3.74. The Kier molecular flexibility index (Phi) is 6.60. The Hall–Kier alpha value is -1.39. The van der Waals surface area contributed by atoms with Gasteiger partial charge in [0.05, 0.1) is 12.6 Å². The molecule has 0 spiro atoms. The maximum Gasteiger partial charge on any atom is 0.234 e. The van der Waals surface area contributed by atoms with Crippen molar-refractivity contribution in [3.8, 4) is 0 Å². The quantitative estimate of drug-likeness (QED) is 0.736. The Morgan fingerprint density at radius 2 is 1.91 bits per heavy atom. The van der Waals surface area contributed by atoms with Gasteiger partial charge in [0.1, 0.15) is 0 Å². The maximum atomic E-state index is 12.1. The first kappa shape index (κ1) is 18.0. The van der Waals surface area contributed by atoms with Gasteiger partial charge >= 0.3 is 0 Å². The van der Waals surface area contributed by atoms with Gasteiger partial charge in [0, 0.05) is 24.6 Å². The van der Waals surface area contributed by atoms with Gasteiger partial charge in [-0.25, -0.2) is 0 Å². The Balaban J connectivity index is 1.77. The highest BCUT2D eigenvalue weighted by atomic mass is 16.5. The maximum absolute atomic E-state index is 12.1. The largest absolute Gasteiger partial charge is 0.378 e. The molecule has 2 atom stereocenters. The minimum atomic E-state index is 0.0508. The van der Waals surface area contributed by atoms with Crippen LogP contribution in [0.15, 0.2) is 30.3 Å². The summed E-state index contributed by atoms with van der Waals surface area (Å²) in [4.78, 5) is 12.1. The van der Waals surface area contributed by atoms with Crippen LogP contribution in [0, 0.1) is 5.41 Å². The molecule has 0 aliphatic heterocycles. The van der Waals surface area contributed by atoms with Gasteiger partial charge in [0.15, 0.2) is 0 Å². The molecule has 4 heteroatoms. The first-order chi connectivity index (χ1) is 11.2. The first-order valence-electron chi connectivity index (χ1n) is 8.81. The van der Waals surface area contributed by atoms with Crippen molar-refractivity contribution in [3.05, 3.63) is 35.9 Å². The third-order valence-corrected chi connectivity index (χ3v) is 5.31. The molecule has 1 amide bonds. The predicted molar refractivity (Wildman–Crippen MR) is 93.1 cm³/mol. The van der Waals surface area contributed by atoms with Crippen molar-refractivity contribution in [3.63, 3.8) is 0 Å². The van der Waals surface area contributed by atoms with E-state index in [2.05, 4.69) is 24.5 Å². The highest BCUT2D eigenvalue weighted by Crippen LogP contribution is 2.48. The van der Waals surface area contributed by atoms with Gasteiger partial charge in [-0.05, 0) is 31.7 Å². The number of hydrogen-bond acceptors (Lipinski definition) is 3. The minimum Gasteiger partial charge on any atom is -0.378 e. The number of benzene rings is 1. The van der Waals surface area contributed by atoms with E-state index in [1.54, 1.807) is 0 Å². The zero-order chi connectivity index (χ0) is 16.7. The van der Waals surface area contributed by atoms with Gasteiger partial charge in [-0.2, -0.15) is 0 Å². The smallest absolute Gasteiger partial charge is 0.234 e. The zero-order valence-electron chi connectivity index (χ0n) is 14.6. The zero-order valence-corrected chi connectivity index (χ0v) is 14.6. The average molecular weight is 318 g/mol. The molecule has 1 aromatic rings. The molecule has 4 nitrogen and oxygen atoms in total. The summed E-state index contributed by atoms with van der Waals surface area (Å²) >= 11 is 0. The summed E-state index contributed by atoms with van der Waals surface area (Å²) in [5.41, 5.74) is 1.30. The number of carbonyl (C=O) groups is 1. The SMILES string of the molecule is CCO[C@@H]1C[C@@H](NCC(=O)NCc2ccccc2)C1(CC)CC. The number of amides is 1. The highest BCUT2D eigenvalue weighted by Gasteiger charge is 2.52. The van der Waals surface area contributed by atoms with E-state index < -0.39 is 0 Å². The van der Waals surface area contributed by atoms with E-state index >= 15 is 0 Å². The molecule has 1 aliphatic rings. The van der Waals surface area contributed by atoms with Crippen LogP contribution >= 0.6 is 0 Å². The van der Waals surface area contributed by atoms with Crippen LogP contribution in [0.3, 0.4) is 0 Å². The highest BCUT2D eigenvalue weighted by molar-refractivity contribution is 5.78. The van der Waals surface area contributed by atoms with Gasteiger partial charge in [0.2, 0.25) is 5.91 Å². The summed E-state index contributed by atoms with van der Waals surface area (Å²) in [7, 11) is 0. The Morgan fingerprint density at radius 3 is 2.52 bits per heavy atom. The summed E-state index contributed by atoms with van der Waals surface area (Å²) < 4.78 is 5.88. The van der Waals surface area contributed by atoms with Crippen molar-refractivity contribution in [1.29, 1.82) is 0 Å². The molecule has 128 valence electrons. The van der Waals surface area contributed by atoms with Crippen LogP contribution in [-0.2, 0) is 16.1 Å². The summed E-state index contributed by atoms with van der Waals surface area (Å²) in [5.74, 6) is 0.0508. The topological polar surface area (TPSA) is 50.4 Å². The van der Waals surface area contributed by atoms with Crippen molar-refractivity contribution in [1.82, 2.24) is 10.6 Å². The fraction of sp³-hybridized carbons (Fsp3) is 0.632. The monoisotopic (exact) mass is 318 g/mol. The summed E-state index contributed by atoms with van der Waals surface area (Å²) in [6, 6.07) is 10.4. The van der Waals surface area contributed by atoms with Crippen molar-refractivity contribution in [2.75, 3.05) is 13.2 Å². The van der Waals surface area contributed by atoms with Crippen LogP contribution in [0.1, 0.15) is 45.6 Å². The molecule has 0 heterocycles. The van der Waals surface area contributed by atoms with Crippen LogP contribution in [-0.4, -0.2) is 31.2 Å². The predicted octanol–water partition coefficient (Wildman–Crippen LogP) is 2.88. The number of carbonyl (C=O) groups excluding carboxylic acids is 1. The molecule has 0 aromatic heterocycles. The van der Waals surface area contributed by atoms with Crippen molar-refractivity contribution < 1.29 is 9.53 Å². The average Bonchev–Trinajstić information content (AvgIpc) is 2.57. The summed E-state index contributed by atoms with van der Waals surface area (Å²) in [5, 5.41) is 6.41. The van der Waals surface area contributed by atoms with Gasteiger partial charge in [0.25, 0.3) is 0 Å². The lowest BCUT2D eigenvalue weighted by atomic mass is 9.58. The molecule has 1 aromatic carbocycles. The molecule has 0 unspecified atom stereocenters. The van der Waals surface area contributed by atoms with Crippen LogP contribution in [0.5, 0.6) is 0 Å². The van der Waals surface area contributed by atoms with Crippen LogP contribution < -0.4 is 10.6 Å². The second-order valence-corrected chi connectivity index (χ2v) is 6.32. The van der Waals surface area contributed by atoms with E-state index in [9.17, 15) is 4.79 Å². The summed E-state index contributed by atoms with van der Waals surface area (Å²) in [6.07, 6.45) is 3.49. The molecule has 0 radical (unpaired) electrons.